The Morgan fingerprint density at radius 1 is 0.844 bits per heavy atom. The van der Waals surface area contributed by atoms with Gasteiger partial charge < -0.3 is 10.1 Å². The number of esters is 1. The van der Waals surface area contributed by atoms with Gasteiger partial charge in [0.1, 0.15) is 6.54 Å². The summed E-state index contributed by atoms with van der Waals surface area (Å²) in [5, 5.41) is 2.73. The van der Waals surface area contributed by atoms with Gasteiger partial charge >= 0.3 is 5.97 Å². The van der Waals surface area contributed by atoms with Crippen LogP contribution in [0.3, 0.4) is 0 Å². The molecule has 3 aromatic carbocycles. The molecule has 0 bridgehead atoms. The summed E-state index contributed by atoms with van der Waals surface area (Å²) in [5.41, 5.74) is 2.53. The van der Waals surface area contributed by atoms with Gasteiger partial charge in [-0.3, -0.25) is 24.1 Å². The number of hydrogen-bond donors (Lipinski definition) is 1. The number of ether oxygens (including phenoxy) is 1. The fourth-order valence-corrected chi connectivity index (χ4v) is 3.43. The molecule has 1 N–H and O–H groups in total. The Morgan fingerprint density at radius 3 is 2.00 bits per heavy atom. The Balaban J connectivity index is 1.50. The van der Waals surface area contributed by atoms with Crippen LogP contribution < -0.4 is 5.32 Å². The van der Waals surface area contributed by atoms with Crippen molar-refractivity contribution in [2.75, 3.05) is 11.9 Å². The number of aryl methyl sites for hydroxylation is 1. The van der Waals surface area contributed by atoms with Crippen molar-refractivity contribution in [3.63, 3.8) is 0 Å². The molecular weight excluding hydrogens is 408 g/mol. The average molecular weight is 428 g/mol. The molecule has 1 atom stereocenters. The highest BCUT2D eigenvalue weighted by molar-refractivity contribution is 6.22. The Hall–Kier alpha value is -4.26. The molecule has 7 heteroatoms. The van der Waals surface area contributed by atoms with Crippen LogP contribution in [0.5, 0.6) is 0 Å². The van der Waals surface area contributed by atoms with Crippen LogP contribution in [0.15, 0.2) is 78.9 Å². The van der Waals surface area contributed by atoms with Crippen molar-refractivity contribution in [3.05, 3.63) is 101 Å². The molecule has 0 spiro atoms. The molecule has 1 aliphatic heterocycles. The van der Waals surface area contributed by atoms with Gasteiger partial charge in [0, 0.05) is 11.3 Å². The number of carbonyl (C=O) groups is 4. The van der Waals surface area contributed by atoms with Crippen LogP contribution in [0.25, 0.3) is 0 Å². The second-order valence-corrected chi connectivity index (χ2v) is 7.38. The topological polar surface area (TPSA) is 92.8 Å². The van der Waals surface area contributed by atoms with E-state index in [1.807, 2.05) is 19.1 Å². The van der Waals surface area contributed by atoms with Crippen LogP contribution in [0, 0.1) is 6.92 Å². The highest BCUT2D eigenvalue weighted by Gasteiger charge is 2.37. The summed E-state index contributed by atoms with van der Waals surface area (Å²) >= 11 is 0. The molecule has 7 nitrogen and oxygen atoms in total. The Morgan fingerprint density at radius 2 is 1.41 bits per heavy atom. The number of hydrogen-bond acceptors (Lipinski definition) is 5. The molecule has 0 aliphatic carbocycles. The zero-order valence-electron chi connectivity index (χ0n) is 17.3. The smallest absolute Gasteiger partial charge is 0.327 e. The summed E-state index contributed by atoms with van der Waals surface area (Å²) in [5.74, 6) is -2.55. The summed E-state index contributed by atoms with van der Waals surface area (Å²) < 4.78 is 5.45. The SMILES string of the molecule is Cc1ccc(NC(=O)C(OC(=O)CN2C(=O)c3ccccc3C2=O)c2ccccc2)cc1. The molecule has 3 amide bonds. The molecular formula is C25H20N2O5. The van der Waals surface area contributed by atoms with Crippen molar-refractivity contribution < 1.29 is 23.9 Å². The van der Waals surface area contributed by atoms with Crippen molar-refractivity contribution in [1.29, 1.82) is 0 Å². The van der Waals surface area contributed by atoms with Gasteiger partial charge in [-0.1, -0.05) is 60.2 Å². The van der Waals surface area contributed by atoms with Gasteiger partial charge in [0.2, 0.25) is 6.10 Å². The average Bonchev–Trinajstić information content (AvgIpc) is 3.04. The third kappa shape index (κ3) is 4.27. The Bertz CT molecular complexity index is 1150. The van der Waals surface area contributed by atoms with Gasteiger partial charge in [-0.2, -0.15) is 0 Å². The second kappa shape index (κ2) is 8.85. The summed E-state index contributed by atoms with van der Waals surface area (Å²) in [7, 11) is 0. The lowest BCUT2D eigenvalue weighted by molar-refractivity contribution is -0.154. The lowest BCUT2D eigenvalue weighted by atomic mass is 10.1. The predicted molar refractivity (Wildman–Crippen MR) is 117 cm³/mol. The number of nitrogens with one attached hydrogen (secondary N) is 1. The fourth-order valence-electron chi connectivity index (χ4n) is 3.43. The van der Waals surface area contributed by atoms with E-state index in [-0.39, 0.29) is 11.1 Å². The molecule has 1 heterocycles. The lowest BCUT2D eigenvalue weighted by Gasteiger charge is -2.20. The first-order valence-electron chi connectivity index (χ1n) is 10.0. The first-order chi connectivity index (χ1) is 15.4. The van der Waals surface area contributed by atoms with Crippen LogP contribution in [-0.4, -0.2) is 35.1 Å². The second-order valence-electron chi connectivity index (χ2n) is 7.38. The van der Waals surface area contributed by atoms with Gasteiger partial charge in [-0.15, -0.1) is 0 Å². The number of benzene rings is 3. The first kappa shape index (κ1) is 21.0. The van der Waals surface area contributed by atoms with Crippen LogP contribution in [0.4, 0.5) is 5.69 Å². The molecule has 1 aliphatic rings. The molecule has 0 saturated carbocycles. The maximum Gasteiger partial charge on any atom is 0.327 e. The highest BCUT2D eigenvalue weighted by atomic mass is 16.5. The van der Waals surface area contributed by atoms with Crippen molar-refractivity contribution in [1.82, 2.24) is 4.90 Å². The van der Waals surface area contributed by atoms with Gasteiger partial charge in [-0.05, 0) is 31.2 Å². The van der Waals surface area contributed by atoms with E-state index in [1.165, 1.54) is 12.1 Å². The van der Waals surface area contributed by atoms with E-state index in [2.05, 4.69) is 5.32 Å². The van der Waals surface area contributed by atoms with E-state index in [0.717, 1.165) is 10.5 Å². The lowest BCUT2D eigenvalue weighted by Crippen LogP contribution is -2.37. The normalized spacial score (nSPS) is 13.5. The number of fused-ring (bicyclic) bond motifs is 1. The molecule has 0 saturated heterocycles. The molecule has 0 fully saturated rings. The molecule has 0 radical (unpaired) electrons. The van der Waals surface area contributed by atoms with Gasteiger partial charge in [-0.25, -0.2) is 0 Å². The quantitative estimate of drug-likeness (QED) is 0.479. The summed E-state index contributed by atoms with van der Waals surface area (Å²) in [6.07, 6.45) is -1.25. The minimum Gasteiger partial charge on any atom is -0.446 e. The van der Waals surface area contributed by atoms with Crippen LogP contribution in [-0.2, 0) is 14.3 Å². The summed E-state index contributed by atoms with van der Waals surface area (Å²) in [6.45, 7) is 1.34. The molecule has 32 heavy (non-hydrogen) atoms. The fraction of sp³-hybridized carbons (Fsp3) is 0.120. The number of anilines is 1. The third-order valence-electron chi connectivity index (χ3n) is 5.07. The van der Waals surface area contributed by atoms with Crippen molar-refractivity contribution >= 4 is 29.4 Å². The van der Waals surface area contributed by atoms with E-state index in [4.69, 9.17) is 4.74 Å². The van der Waals surface area contributed by atoms with E-state index in [9.17, 15) is 19.2 Å². The number of imide groups is 1. The van der Waals surface area contributed by atoms with Crippen LogP contribution in [0.2, 0.25) is 0 Å². The first-order valence-corrected chi connectivity index (χ1v) is 10.0. The Labute approximate surface area is 184 Å². The minimum atomic E-state index is -1.25. The third-order valence-corrected chi connectivity index (χ3v) is 5.07. The van der Waals surface area contributed by atoms with Gasteiger partial charge in [0.15, 0.2) is 0 Å². The summed E-state index contributed by atoms with van der Waals surface area (Å²) in [4.78, 5) is 51.5. The number of carbonyl (C=O) groups excluding carboxylic acids is 4. The van der Waals surface area contributed by atoms with E-state index < -0.39 is 36.3 Å². The zero-order valence-corrected chi connectivity index (χ0v) is 17.3. The minimum absolute atomic E-state index is 0.238. The maximum absolute atomic E-state index is 12.9. The number of rotatable bonds is 6. The maximum atomic E-state index is 12.9. The summed E-state index contributed by atoms with van der Waals surface area (Å²) in [6, 6.07) is 22.1. The van der Waals surface area contributed by atoms with Crippen molar-refractivity contribution in [3.8, 4) is 0 Å². The molecule has 1 unspecified atom stereocenters. The Kier molecular flexibility index (Phi) is 5.81. The van der Waals surface area contributed by atoms with E-state index in [1.54, 1.807) is 54.6 Å². The largest absolute Gasteiger partial charge is 0.446 e. The van der Waals surface area contributed by atoms with Gasteiger partial charge in [0.05, 0.1) is 11.1 Å². The predicted octanol–water partition coefficient (Wildman–Crippen LogP) is 3.51. The monoisotopic (exact) mass is 428 g/mol. The van der Waals surface area contributed by atoms with Crippen molar-refractivity contribution in [2.24, 2.45) is 0 Å². The molecule has 3 aromatic rings. The van der Waals surface area contributed by atoms with Crippen molar-refractivity contribution in [2.45, 2.75) is 13.0 Å². The molecule has 0 aromatic heterocycles. The van der Waals surface area contributed by atoms with Crippen LogP contribution >= 0.6 is 0 Å². The van der Waals surface area contributed by atoms with E-state index >= 15 is 0 Å². The van der Waals surface area contributed by atoms with Gasteiger partial charge in [0.25, 0.3) is 17.7 Å². The van der Waals surface area contributed by atoms with E-state index in [0.29, 0.717) is 11.3 Å². The van der Waals surface area contributed by atoms with Crippen LogP contribution in [0.1, 0.15) is 37.9 Å². The number of amides is 3. The standard InChI is InChI=1S/C25H20N2O5/c1-16-11-13-18(14-12-16)26-23(29)22(17-7-3-2-4-8-17)32-21(28)15-27-24(30)19-9-5-6-10-20(19)25(27)31/h2-14,22H,15H2,1H3,(H,26,29). The highest BCUT2D eigenvalue weighted by Crippen LogP contribution is 2.24. The zero-order chi connectivity index (χ0) is 22.7. The number of nitrogens with zero attached hydrogens (tertiary/aromatic N) is 1. The molecule has 160 valence electrons. The molecule has 4 rings (SSSR count).